The topological polar surface area (TPSA) is 58.4 Å². The third kappa shape index (κ3) is 3.81. The fourth-order valence-corrected chi connectivity index (χ4v) is 2.98. The van der Waals surface area contributed by atoms with Gasteiger partial charge in [-0.25, -0.2) is 0 Å². The number of amides is 2. The average molecular weight is 318 g/mol. The molecule has 0 N–H and O–H groups in total. The molecule has 0 spiro atoms. The van der Waals surface area contributed by atoms with E-state index in [4.69, 9.17) is 0 Å². The fraction of sp³-hybridized carbons (Fsp3) is 0.588. The molecule has 2 amide bonds. The highest BCUT2D eigenvalue weighted by molar-refractivity contribution is 5.93. The van der Waals surface area contributed by atoms with Gasteiger partial charge >= 0.3 is 0 Å². The number of carbonyl (C=O) groups excluding carboxylic acids is 2. The molecule has 0 saturated carbocycles. The van der Waals surface area contributed by atoms with Crippen molar-refractivity contribution < 1.29 is 9.59 Å². The molecule has 2 rings (SSSR count). The van der Waals surface area contributed by atoms with Gasteiger partial charge < -0.3 is 9.80 Å². The molecule has 0 unspecified atom stereocenters. The van der Waals surface area contributed by atoms with Crippen molar-refractivity contribution >= 4 is 11.8 Å². The van der Waals surface area contributed by atoms with Gasteiger partial charge in [0.2, 0.25) is 5.91 Å². The minimum atomic E-state index is -0.0758. The normalized spacial score (nSPS) is 17.6. The van der Waals surface area contributed by atoms with Crippen molar-refractivity contribution in [2.75, 3.05) is 20.1 Å². The predicted octanol–water partition coefficient (Wildman–Crippen LogP) is 1.48. The Balaban J connectivity index is 2.07. The van der Waals surface area contributed by atoms with Gasteiger partial charge in [-0.05, 0) is 30.9 Å². The van der Waals surface area contributed by atoms with Crippen LogP contribution in [0.25, 0.3) is 0 Å². The number of likely N-dealkylation sites (tertiary alicyclic amines) is 1. The van der Waals surface area contributed by atoms with Crippen molar-refractivity contribution in [2.45, 2.75) is 32.7 Å². The molecule has 0 aliphatic carbocycles. The third-order valence-corrected chi connectivity index (χ3v) is 4.28. The number of carbonyl (C=O) groups is 2. The van der Waals surface area contributed by atoms with Crippen LogP contribution in [0.2, 0.25) is 0 Å². The summed E-state index contributed by atoms with van der Waals surface area (Å²) in [6.07, 6.45) is 2.97. The monoisotopic (exact) mass is 318 g/mol. The molecule has 1 aromatic heterocycles. The number of aryl methyl sites for hydroxylation is 1. The molecule has 1 aromatic rings. The molecular formula is C17H26N4O2. The fourth-order valence-electron chi connectivity index (χ4n) is 2.98. The zero-order valence-corrected chi connectivity index (χ0v) is 14.5. The summed E-state index contributed by atoms with van der Waals surface area (Å²) in [6.45, 7) is 9.00. The minimum Gasteiger partial charge on any atom is -0.337 e. The summed E-state index contributed by atoms with van der Waals surface area (Å²) < 4.78 is 1.65. The quantitative estimate of drug-likeness (QED) is 0.773. The van der Waals surface area contributed by atoms with Gasteiger partial charge in [-0.15, -0.1) is 0 Å². The first-order chi connectivity index (χ1) is 10.8. The van der Waals surface area contributed by atoms with Gasteiger partial charge in [0.1, 0.15) is 5.69 Å². The Morgan fingerprint density at radius 2 is 2.22 bits per heavy atom. The van der Waals surface area contributed by atoms with Crippen LogP contribution in [0.1, 0.15) is 36.5 Å². The van der Waals surface area contributed by atoms with E-state index < -0.39 is 0 Å². The second-order valence-electron chi connectivity index (χ2n) is 6.59. The highest BCUT2D eigenvalue weighted by atomic mass is 16.2. The predicted molar refractivity (Wildman–Crippen MR) is 89.0 cm³/mol. The summed E-state index contributed by atoms with van der Waals surface area (Å²) in [6, 6.07) is 1.91. The number of likely N-dealkylation sites (N-methyl/N-ethyl adjacent to an activating group) is 1. The third-order valence-electron chi connectivity index (χ3n) is 4.28. The van der Waals surface area contributed by atoms with E-state index >= 15 is 0 Å². The average Bonchev–Trinajstić information content (AvgIpc) is 3.11. The molecule has 0 radical (unpaired) electrons. The minimum absolute atomic E-state index is 0.0369. The van der Waals surface area contributed by atoms with Gasteiger partial charge in [0, 0.05) is 27.2 Å². The van der Waals surface area contributed by atoms with Crippen LogP contribution in [-0.4, -0.2) is 57.6 Å². The zero-order valence-electron chi connectivity index (χ0n) is 14.5. The Kier molecular flexibility index (Phi) is 5.23. The molecule has 6 nitrogen and oxygen atoms in total. The van der Waals surface area contributed by atoms with Crippen molar-refractivity contribution in [3.05, 3.63) is 30.1 Å². The van der Waals surface area contributed by atoms with E-state index in [1.807, 2.05) is 6.07 Å². The van der Waals surface area contributed by atoms with Crippen molar-refractivity contribution in [2.24, 2.45) is 13.0 Å². The lowest BCUT2D eigenvalue weighted by atomic mass is 10.1. The van der Waals surface area contributed by atoms with Crippen LogP contribution in [-0.2, 0) is 18.3 Å². The molecule has 0 aromatic carbocycles. The van der Waals surface area contributed by atoms with E-state index in [2.05, 4.69) is 25.5 Å². The first-order valence-electron chi connectivity index (χ1n) is 8.05. The van der Waals surface area contributed by atoms with Crippen molar-refractivity contribution in [1.82, 2.24) is 19.6 Å². The van der Waals surface area contributed by atoms with E-state index in [9.17, 15) is 9.59 Å². The van der Waals surface area contributed by atoms with Gasteiger partial charge in [-0.3, -0.25) is 14.3 Å². The van der Waals surface area contributed by atoms with Gasteiger partial charge in [0.15, 0.2) is 0 Å². The molecule has 1 aliphatic heterocycles. The van der Waals surface area contributed by atoms with Gasteiger partial charge in [0.25, 0.3) is 5.91 Å². The molecule has 0 bridgehead atoms. The summed E-state index contributed by atoms with van der Waals surface area (Å²) >= 11 is 0. The summed E-state index contributed by atoms with van der Waals surface area (Å²) in [5, 5.41) is 4.43. The van der Waals surface area contributed by atoms with E-state index in [0.717, 1.165) is 18.5 Å². The molecular weight excluding hydrogens is 292 g/mol. The first-order valence-corrected chi connectivity index (χ1v) is 8.05. The van der Waals surface area contributed by atoms with E-state index in [0.29, 0.717) is 24.7 Å². The number of aromatic nitrogens is 2. The maximum Gasteiger partial charge on any atom is 0.272 e. The standard InChI is InChI=1S/C17H26N4O2/c1-6-16(22)21-8-7-14(11-21)19(4)17(23)15-10-13(9-12(2)3)18-20(15)5/h6,10,12,14H,1,7-9,11H2,2-5H3/t14-/m0/s1. The smallest absolute Gasteiger partial charge is 0.272 e. The Morgan fingerprint density at radius 3 is 2.83 bits per heavy atom. The molecule has 1 saturated heterocycles. The Morgan fingerprint density at radius 1 is 1.52 bits per heavy atom. The first kappa shape index (κ1) is 17.2. The van der Waals surface area contributed by atoms with Crippen LogP contribution >= 0.6 is 0 Å². The highest BCUT2D eigenvalue weighted by Crippen LogP contribution is 2.18. The Labute approximate surface area is 137 Å². The SMILES string of the molecule is C=CC(=O)N1CC[C@H](N(C)C(=O)c2cc(CC(C)C)nn2C)C1. The Bertz CT molecular complexity index is 606. The maximum atomic E-state index is 12.7. The van der Waals surface area contributed by atoms with Gasteiger partial charge in [0.05, 0.1) is 11.7 Å². The van der Waals surface area contributed by atoms with Crippen LogP contribution in [0, 0.1) is 5.92 Å². The van der Waals surface area contributed by atoms with Crippen molar-refractivity contribution in [3.63, 3.8) is 0 Å². The molecule has 1 fully saturated rings. The molecule has 2 heterocycles. The molecule has 126 valence electrons. The van der Waals surface area contributed by atoms with Crippen LogP contribution in [0.4, 0.5) is 0 Å². The number of rotatable bonds is 5. The molecule has 1 atom stereocenters. The molecule has 1 aliphatic rings. The lowest BCUT2D eigenvalue weighted by Gasteiger charge is -2.24. The van der Waals surface area contributed by atoms with E-state index in [1.54, 1.807) is 28.6 Å². The summed E-state index contributed by atoms with van der Waals surface area (Å²) in [5.74, 6) is 0.375. The molecule has 6 heteroatoms. The van der Waals surface area contributed by atoms with Crippen molar-refractivity contribution in [3.8, 4) is 0 Å². The van der Waals surface area contributed by atoms with Crippen LogP contribution in [0.5, 0.6) is 0 Å². The van der Waals surface area contributed by atoms with Crippen LogP contribution in [0.15, 0.2) is 18.7 Å². The lowest BCUT2D eigenvalue weighted by molar-refractivity contribution is -0.125. The summed E-state index contributed by atoms with van der Waals surface area (Å²) in [4.78, 5) is 27.9. The van der Waals surface area contributed by atoms with Crippen LogP contribution in [0.3, 0.4) is 0 Å². The summed E-state index contributed by atoms with van der Waals surface area (Å²) in [7, 11) is 3.59. The van der Waals surface area contributed by atoms with Gasteiger partial charge in [-0.2, -0.15) is 5.10 Å². The van der Waals surface area contributed by atoms with E-state index in [-0.39, 0.29) is 17.9 Å². The Hall–Kier alpha value is -2.11. The number of hydrogen-bond donors (Lipinski definition) is 0. The van der Waals surface area contributed by atoms with E-state index in [1.165, 1.54) is 6.08 Å². The second kappa shape index (κ2) is 6.98. The number of nitrogens with zero attached hydrogens (tertiary/aromatic N) is 4. The second-order valence-corrected chi connectivity index (χ2v) is 6.59. The van der Waals surface area contributed by atoms with Crippen molar-refractivity contribution in [1.29, 1.82) is 0 Å². The zero-order chi connectivity index (χ0) is 17.1. The maximum absolute atomic E-state index is 12.7. The lowest BCUT2D eigenvalue weighted by Crippen LogP contribution is -2.40. The largest absolute Gasteiger partial charge is 0.337 e. The molecule has 23 heavy (non-hydrogen) atoms. The summed E-state index contributed by atoms with van der Waals surface area (Å²) in [5.41, 5.74) is 1.53. The van der Waals surface area contributed by atoms with Crippen LogP contribution < -0.4 is 0 Å². The van der Waals surface area contributed by atoms with Gasteiger partial charge in [-0.1, -0.05) is 20.4 Å². The highest BCUT2D eigenvalue weighted by Gasteiger charge is 2.31. The number of hydrogen-bond acceptors (Lipinski definition) is 3.